The van der Waals surface area contributed by atoms with Gasteiger partial charge in [0, 0.05) is 0 Å². The van der Waals surface area contributed by atoms with Crippen molar-refractivity contribution >= 4 is 28.4 Å². The predicted octanol–water partition coefficient (Wildman–Crippen LogP) is 3.33. The Labute approximate surface area is 83.4 Å². The van der Waals surface area contributed by atoms with Gasteiger partial charge < -0.3 is 0 Å². The summed E-state index contributed by atoms with van der Waals surface area (Å²) in [5, 5.41) is -0.864. The first kappa shape index (κ1) is 10.3. The molecule has 1 aliphatic rings. The van der Waals surface area contributed by atoms with Gasteiger partial charge in [-0.2, -0.15) is 0 Å². The maximum atomic E-state index is 10.7. The Bertz CT molecular complexity index is 153. The minimum absolute atomic E-state index is 0.401. The van der Waals surface area contributed by atoms with Crippen molar-refractivity contribution in [2.24, 2.45) is 5.92 Å². The summed E-state index contributed by atoms with van der Waals surface area (Å²) in [6, 6.07) is 0. The first-order valence-electron chi connectivity index (χ1n) is 4.53. The predicted molar refractivity (Wildman–Crippen MR) is 51.7 cm³/mol. The van der Waals surface area contributed by atoms with Gasteiger partial charge in [-0.3, -0.25) is 4.79 Å². The van der Waals surface area contributed by atoms with Crippen molar-refractivity contribution in [1.29, 1.82) is 0 Å². The highest BCUT2D eigenvalue weighted by Gasteiger charge is 2.20. The summed E-state index contributed by atoms with van der Waals surface area (Å²) in [5.41, 5.74) is 0. The normalized spacial score (nSPS) is 22.2. The van der Waals surface area contributed by atoms with Crippen LogP contribution >= 0.6 is 23.2 Å². The molecule has 0 aromatic carbocycles. The zero-order valence-corrected chi connectivity index (χ0v) is 8.57. The van der Waals surface area contributed by atoms with E-state index in [1.807, 2.05) is 0 Å². The van der Waals surface area contributed by atoms with Crippen LogP contribution in [0.5, 0.6) is 0 Å². The molecule has 0 spiro atoms. The maximum absolute atomic E-state index is 10.7. The molecule has 1 rings (SSSR count). The summed E-state index contributed by atoms with van der Waals surface area (Å²) in [4.78, 5) is 10.7. The lowest BCUT2D eigenvalue weighted by Crippen LogP contribution is -2.16. The zero-order valence-electron chi connectivity index (χ0n) is 7.06. The maximum Gasteiger partial charge on any atom is 0.239 e. The summed E-state index contributed by atoms with van der Waals surface area (Å²) < 4.78 is 0. The molecule has 0 heterocycles. The fourth-order valence-electron chi connectivity index (χ4n) is 1.81. The Morgan fingerprint density at radius 2 is 1.92 bits per heavy atom. The molecule has 0 aliphatic heterocycles. The summed E-state index contributed by atoms with van der Waals surface area (Å²) in [5.74, 6) is 0.629. The SMILES string of the molecule is O=C(Cl)C(Cl)CC1CCCCC1. The minimum Gasteiger partial charge on any atom is -0.280 e. The molecule has 0 N–H and O–H groups in total. The van der Waals surface area contributed by atoms with Gasteiger partial charge in [-0.1, -0.05) is 32.1 Å². The smallest absolute Gasteiger partial charge is 0.239 e. The molecular weight excluding hydrogens is 195 g/mol. The van der Waals surface area contributed by atoms with Crippen LogP contribution in [0, 0.1) is 5.92 Å². The lowest BCUT2D eigenvalue weighted by Gasteiger charge is -2.22. The van der Waals surface area contributed by atoms with Crippen molar-refractivity contribution in [1.82, 2.24) is 0 Å². The summed E-state index contributed by atoms with van der Waals surface area (Å²) in [6.45, 7) is 0. The molecule has 1 aliphatic carbocycles. The van der Waals surface area contributed by atoms with E-state index in [2.05, 4.69) is 0 Å². The van der Waals surface area contributed by atoms with E-state index in [1.165, 1.54) is 32.1 Å². The summed E-state index contributed by atoms with van der Waals surface area (Å²) in [7, 11) is 0. The van der Waals surface area contributed by atoms with Gasteiger partial charge in [0.2, 0.25) is 5.24 Å². The van der Waals surface area contributed by atoms with Crippen LogP contribution in [0.15, 0.2) is 0 Å². The van der Waals surface area contributed by atoms with Crippen LogP contribution in [0.3, 0.4) is 0 Å². The van der Waals surface area contributed by atoms with Crippen LogP contribution in [0.25, 0.3) is 0 Å². The van der Waals surface area contributed by atoms with E-state index in [0.29, 0.717) is 5.92 Å². The average Bonchev–Trinajstić information content (AvgIpc) is 2.06. The Hall–Kier alpha value is 0.250. The van der Waals surface area contributed by atoms with Crippen LogP contribution in [0.1, 0.15) is 38.5 Å². The summed E-state index contributed by atoms with van der Waals surface area (Å²) >= 11 is 11.0. The van der Waals surface area contributed by atoms with E-state index in [-0.39, 0.29) is 0 Å². The average molecular weight is 209 g/mol. The highest BCUT2D eigenvalue weighted by atomic mass is 35.5. The first-order chi connectivity index (χ1) is 5.70. The highest BCUT2D eigenvalue weighted by Crippen LogP contribution is 2.29. The Morgan fingerprint density at radius 1 is 1.33 bits per heavy atom. The van der Waals surface area contributed by atoms with E-state index in [9.17, 15) is 4.79 Å². The lowest BCUT2D eigenvalue weighted by molar-refractivity contribution is -0.111. The van der Waals surface area contributed by atoms with Crippen molar-refractivity contribution in [3.05, 3.63) is 0 Å². The first-order valence-corrected chi connectivity index (χ1v) is 5.35. The van der Waals surface area contributed by atoms with E-state index in [0.717, 1.165) is 6.42 Å². The van der Waals surface area contributed by atoms with Crippen molar-refractivity contribution in [3.63, 3.8) is 0 Å². The van der Waals surface area contributed by atoms with Gasteiger partial charge in [-0.25, -0.2) is 0 Å². The Morgan fingerprint density at radius 3 is 2.42 bits per heavy atom. The van der Waals surface area contributed by atoms with Crippen LogP contribution in [-0.2, 0) is 4.79 Å². The molecule has 0 saturated heterocycles. The van der Waals surface area contributed by atoms with E-state index >= 15 is 0 Å². The van der Waals surface area contributed by atoms with Crippen LogP contribution in [-0.4, -0.2) is 10.6 Å². The second-order valence-electron chi connectivity index (χ2n) is 3.51. The Kier molecular flexibility index (Phi) is 4.38. The van der Waals surface area contributed by atoms with Gasteiger partial charge in [0.1, 0.15) is 5.38 Å². The largest absolute Gasteiger partial charge is 0.280 e. The number of rotatable bonds is 3. The van der Waals surface area contributed by atoms with E-state index in [4.69, 9.17) is 23.2 Å². The lowest BCUT2D eigenvalue weighted by atomic mass is 9.86. The molecule has 1 unspecified atom stereocenters. The molecule has 0 aromatic rings. The number of halogens is 2. The number of hydrogen-bond acceptors (Lipinski definition) is 1. The van der Waals surface area contributed by atoms with Gasteiger partial charge in [0.15, 0.2) is 0 Å². The van der Waals surface area contributed by atoms with Crippen molar-refractivity contribution < 1.29 is 4.79 Å². The third-order valence-electron chi connectivity index (χ3n) is 2.51. The van der Waals surface area contributed by atoms with Gasteiger partial charge in [-0.15, -0.1) is 11.6 Å². The zero-order chi connectivity index (χ0) is 8.97. The molecule has 1 fully saturated rings. The minimum atomic E-state index is -0.463. The number of carbonyl (C=O) groups is 1. The van der Waals surface area contributed by atoms with Gasteiger partial charge in [0.05, 0.1) is 0 Å². The fraction of sp³-hybridized carbons (Fsp3) is 0.889. The molecule has 70 valence electrons. The van der Waals surface area contributed by atoms with Crippen molar-refractivity contribution in [2.75, 3.05) is 0 Å². The van der Waals surface area contributed by atoms with Crippen LogP contribution in [0.2, 0.25) is 0 Å². The Balaban J connectivity index is 2.24. The topological polar surface area (TPSA) is 17.1 Å². The van der Waals surface area contributed by atoms with Gasteiger partial charge >= 0.3 is 0 Å². The molecule has 0 bridgehead atoms. The molecule has 0 amide bonds. The van der Waals surface area contributed by atoms with Gasteiger partial charge in [-0.05, 0) is 23.9 Å². The molecule has 0 aromatic heterocycles. The van der Waals surface area contributed by atoms with Crippen molar-refractivity contribution in [2.45, 2.75) is 43.9 Å². The van der Waals surface area contributed by atoms with Crippen LogP contribution < -0.4 is 0 Å². The quantitative estimate of drug-likeness (QED) is 0.514. The third kappa shape index (κ3) is 3.32. The monoisotopic (exact) mass is 208 g/mol. The van der Waals surface area contributed by atoms with Gasteiger partial charge in [0.25, 0.3) is 0 Å². The second kappa shape index (κ2) is 5.08. The second-order valence-corrected chi connectivity index (χ2v) is 4.41. The number of alkyl halides is 1. The third-order valence-corrected chi connectivity index (χ3v) is 3.26. The molecule has 1 nitrogen and oxygen atoms in total. The molecule has 1 saturated carbocycles. The molecule has 3 heteroatoms. The molecule has 0 radical (unpaired) electrons. The van der Waals surface area contributed by atoms with Crippen LogP contribution in [0.4, 0.5) is 0 Å². The van der Waals surface area contributed by atoms with Crippen molar-refractivity contribution in [3.8, 4) is 0 Å². The van der Waals surface area contributed by atoms with E-state index in [1.54, 1.807) is 0 Å². The molecule has 12 heavy (non-hydrogen) atoms. The fourth-order valence-corrected chi connectivity index (χ4v) is 2.15. The highest BCUT2D eigenvalue weighted by molar-refractivity contribution is 6.69. The van der Waals surface area contributed by atoms with E-state index < -0.39 is 10.6 Å². The molecule has 1 atom stereocenters. The number of carbonyl (C=O) groups excluding carboxylic acids is 1. The number of hydrogen-bond donors (Lipinski definition) is 0. The summed E-state index contributed by atoms with van der Waals surface area (Å²) in [6.07, 6.45) is 7.10. The molecular formula is C9H14Cl2O. The standard InChI is InChI=1S/C9H14Cl2O/c10-8(9(11)12)6-7-4-2-1-3-5-7/h7-8H,1-6H2.